The summed E-state index contributed by atoms with van der Waals surface area (Å²) in [6.45, 7) is 1.90. The Kier molecular flexibility index (Phi) is 2.82. The number of benzene rings is 1. The number of methoxy groups -OCH3 is 1. The molecule has 0 saturated heterocycles. The SMILES string of the molecule is COc1ccc(C)cc1-n1cc[nH]c(=O)c1=O. The van der Waals surface area contributed by atoms with Crippen LogP contribution >= 0.6 is 0 Å². The first-order chi connectivity index (χ1) is 8.13. The van der Waals surface area contributed by atoms with Crippen molar-refractivity contribution in [3.63, 3.8) is 0 Å². The van der Waals surface area contributed by atoms with E-state index in [9.17, 15) is 9.59 Å². The molecular weight excluding hydrogens is 220 g/mol. The smallest absolute Gasteiger partial charge is 0.320 e. The van der Waals surface area contributed by atoms with E-state index >= 15 is 0 Å². The minimum atomic E-state index is -0.656. The van der Waals surface area contributed by atoms with E-state index in [2.05, 4.69) is 4.98 Å². The zero-order chi connectivity index (χ0) is 12.4. The van der Waals surface area contributed by atoms with Crippen molar-refractivity contribution < 1.29 is 4.74 Å². The average Bonchev–Trinajstić information content (AvgIpc) is 2.33. The van der Waals surface area contributed by atoms with E-state index in [1.54, 1.807) is 12.1 Å². The number of nitrogens with one attached hydrogen (secondary N) is 1. The first-order valence-corrected chi connectivity index (χ1v) is 5.09. The van der Waals surface area contributed by atoms with Gasteiger partial charge in [0.25, 0.3) is 0 Å². The van der Waals surface area contributed by atoms with Crippen LogP contribution in [-0.2, 0) is 0 Å². The summed E-state index contributed by atoms with van der Waals surface area (Å²) in [5.74, 6) is 0.545. The largest absolute Gasteiger partial charge is 0.495 e. The molecule has 0 aliphatic heterocycles. The fraction of sp³-hybridized carbons (Fsp3) is 0.167. The summed E-state index contributed by atoms with van der Waals surface area (Å²) in [4.78, 5) is 25.3. The van der Waals surface area contributed by atoms with Crippen LogP contribution in [-0.4, -0.2) is 16.7 Å². The van der Waals surface area contributed by atoms with Crippen molar-refractivity contribution in [2.75, 3.05) is 7.11 Å². The van der Waals surface area contributed by atoms with Gasteiger partial charge < -0.3 is 9.72 Å². The lowest BCUT2D eigenvalue weighted by molar-refractivity contribution is 0.412. The number of aryl methyl sites for hydroxylation is 1. The Labute approximate surface area is 97.3 Å². The van der Waals surface area contributed by atoms with Gasteiger partial charge in [0.15, 0.2) is 0 Å². The Balaban J connectivity index is 2.76. The molecule has 88 valence electrons. The third kappa shape index (κ3) is 1.99. The van der Waals surface area contributed by atoms with E-state index in [1.807, 2.05) is 13.0 Å². The molecule has 0 saturated carbocycles. The molecule has 0 aliphatic rings. The summed E-state index contributed by atoms with van der Waals surface area (Å²) in [7, 11) is 1.52. The number of ether oxygens (including phenoxy) is 1. The van der Waals surface area contributed by atoms with Gasteiger partial charge in [-0.2, -0.15) is 0 Å². The molecule has 0 atom stereocenters. The highest BCUT2D eigenvalue weighted by molar-refractivity contribution is 5.48. The van der Waals surface area contributed by atoms with Crippen molar-refractivity contribution in [2.45, 2.75) is 6.92 Å². The van der Waals surface area contributed by atoms with Crippen molar-refractivity contribution in [2.24, 2.45) is 0 Å². The van der Waals surface area contributed by atoms with Crippen LogP contribution in [0, 0.1) is 6.92 Å². The molecule has 0 amide bonds. The quantitative estimate of drug-likeness (QED) is 0.780. The van der Waals surface area contributed by atoms with Crippen molar-refractivity contribution in [1.29, 1.82) is 0 Å². The minimum Gasteiger partial charge on any atom is -0.495 e. The van der Waals surface area contributed by atoms with Crippen molar-refractivity contribution in [3.05, 3.63) is 56.9 Å². The molecule has 0 unspecified atom stereocenters. The van der Waals surface area contributed by atoms with E-state index in [0.29, 0.717) is 11.4 Å². The number of hydrogen-bond donors (Lipinski definition) is 1. The molecule has 0 aliphatic carbocycles. The molecule has 0 bridgehead atoms. The van der Waals surface area contributed by atoms with Gasteiger partial charge in [-0.1, -0.05) is 6.07 Å². The maximum atomic E-state index is 11.7. The van der Waals surface area contributed by atoms with Crippen LogP contribution in [0.4, 0.5) is 0 Å². The summed E-state index contributed by atoms with van der Waals surface area (Å²) in [5, 5.41) is 0. The van der Waals surface area contributed by atoms with Gasteiger partial charge in [0.1, 0.15) is 5.75 Å². The van der Waals surface area contributed by atoms with Gasteiger partial charge in [-0.05, 0) is 24.6 Å². The second-order valence-corrected chi connectivity index (χ2v) is 3.64. The monoisotopic (exact) mass is 232 g/mol. The highest BCUT2D eigenvalue weighted by Crippen LogP contribution is 2.22. The van der Waals surface area contributed by atoms with E-state index in [1.165, 1.54) is 24.1 Å². The first-order valence-electron chi connectivity index (χ1n) is 5.09. The topological polar surface area (TPSA) is 64.1 Å². The number of aromatic nitrogens is 2. The normalized spacial score (nSPS) is 10.2. The number of rotatable bonds is 2. The summed E-state index contributed by atoms with van der Waals surface area (Å²) < 4.78 is 6.45. The summed E-state index contributed by atoms with van der Waals surface area (Å²) >= 11 is 0. The molecule has 0 fully saturated rings. The molecule has 1 aromatic heterocycles. The Morgan fingerprint density at radius 1 is 1.29 bits per heavy atom. The number of H-pyrrole nitrogens is 1. The predicted molar refractivity (Wildman–Crippen MR) is 63.9 cm³/mol. The van der Waals surface area contributed by atoms with E-state index < -0.39 is 11.1 Å². The second-order valence-electron chi connectivity index (χ2n) is 3.64. The summed E-state index contributed by atoms with van der Waals surface area (Å²) in [6.07, 6.45) is 2.92. The molecule has 1 aromatic carbocycles. The van der Waals surface area contributed by atoms with Crippen LogP contribution < -0.4 is 15.9 Å². The zero-order valence-corrected chi connectivity index (χ0v) is 9.56. The Morgan fingerprint density at radius 3 is 2.76 bits per heavy atom. The van der Waals surface area contributed by atoms with Crippen LogP contribution in [0.25, 0.3) is 5.69 Å². The van der Waals surface area contributed by atoms with Crippen LogP contribution in [0.3, 0.4) is 0 Å². The molecule has 17 heavy (non-hydrogen) atoms. The predicted octanol–water partition coefficient (Wildman–Crippen LogP) is 0.843. The van der Waals surface area contributed by atoms with Crippen LogP contribution in [0.2, 0.25) is 0 Å². The third-order valence-corrected chi connectivity index (χ3v) is 2.44. The van der Waals surface area contributed by atoms with Gasteiger partial charge in [0.05, 0.1) is 12.8 Å². The van der Waals surface area contributed by atoms with Crippen molar-refractivity contribution in [3.8, 4) is 11.4 Å². The number of nitrogens with zero attached hydrogens (tertiary/aromatic N) is 1. The van der Waals surface area contributed by atoms with Crippen LogP contribution in [0.15, 0.2) is 40.2 Å². The Hall–Kier alpha value is -2.30. The van der Waals surface area contributed by atoms with Crippen LogP contribution in [0.1, 0.15) is 5.56 Å². The van der Waals surface area contributed by atoms with Crippen LogP contribution in [0.5, 0.6) is 5.75 Å². The minimum absolute atomic E-state index is 0.545. The van der Waals surface area contributed by atoms with Gasteiger partial charge in [0.2, 0.25) is 0 Å². The lowest BCUT2D eigenvalue weighted by atomic mass is 10.2. The summed E-state index contributed by atoms with van der Waals surface area (Å²) in [6, 6.07) is 5.43. The number of aromatic amines is 1. The Morgan fingerprint density at radius 2 is 2.06 bits per heavy atom. The lowest BCUT2D eigenvalue weighted by Crippen LogP contribution is -2.34. The van der Waals surface area contributed by atoms with Crippen molar-refractivity contribution in [1.82, 2.24) is 9.55 Å². The molecule has 2 aromatic rings. The molecule has 5 heteroatoms. The fourth-order valence-corrected chi connectivity index (χ4v) is 1.60. The standard InChI is InChI=1S/C12H12N2O3/c1-8-3-4-10(17-2)9(7-8)14-6-5-13-11(15)12(14)16/h3-7H,1-2H3,(H,13,15). The van der Waals surface area contributed by atoms with Crippen molar-refractivity contribution >= 4 is 0 Å². The molecule has 5 nitrogen and oxygen atoms in total. The van der Waals surface area contributed by atoms with Gasteiger partial charge in [-0.15, -0.1) is 0 Å². The Bertz CT molecular complexity index is 655. The maximum absolute atomic E-state index is 11.7. The molecule has 1 heterocycles. The molecule has 1 N–H and O–H groups in total. The highest BCUT2D eigenvalue weighted by Gasteiger charge is 2.08. The molecule has 0 spiro atoms. The van der Waals surface area contributed by atoms with Gasteiger partial charge >= 0.3 is 11.1 Å². The fourth-order valence-electron chi connectivity index (χ4n) is 1.60. The maximum Gasteiger partial charge on any atom is 0.320 e. The van der Waals surface area contributed by atoms with Gasteiger partial charge in [0, 0.05) is 12.4 Å². The summed E-state index contributed by atoms with van der Waals surface area (Å²) in [5.41, 5.74) is 0.254. The van der Waals surface area contributed by atoms with E-state index in [4.69, 9.17) is 4.74 Å². The van der Waals surface area contributed by atoms with E-state index in [-0.39, 0.29) is 0 Å². The third-order valence-electron chi connectivity index (χ3n) is 2.44. The number of hydrogen-bond acceptors (Lipinski definition) is 3. The lowest BCUT2D eigenvalue weighted by Gasteiger charge is -2.10. The van der Waals surface area contributed by atoms with E-state index in [0.717, 1.165) is 5.56 Å². The van der Waals surface area contributed by atoms with Gasteiger partial charge in [-0.25, -0.2) is 0 Å². The molecular formula is C12H12N2O3. The zero-order valence-electron chi connectivity index (χ0n) is 9.56. The average molecular weight is 232 g/mol. The highest BCUT2D eigenvalue weighted by atomic mass is 16.5. The molecule has 0 radical (unpaired) electrons. The first kappa shape index (κ1) is 11.2. The molecule has 2 rings (SSSR count). The second kappa shape index (κ2) is 4.29. The van der Waals surface area contributed by atoms with Gasteiger partial charge in [-0.3, -0.25) is 14.2 Å².